The number of hydrogen-bond donors (Lipinski definition) is 1. The van der Waals surface area contributed by atoms with E-state index in [0.717, 1.165) is 52.5 Å². The van der Waals surface area contributed by atoms with E-state index in [1.807, 2.05) is 55.6 Å². The molecule has 176 valence electrons. The number of esters is 1. The highest BCUT2D eigenvalue weighted by atomic mass is 16.7. The molecule has 1 N–H and O–H groups in total. The standard InChI is InChI=1S/C28H29NO5/c1-4-25(22-9-14-26-27(17-22)33-18-32-26)28(21-7-12-24(13-8-21)34-19(2)30)20-5-10-23(11-6-20)31-16-15-29-3/h5-14,17,29H,4,15-16,18H2,1-3H3/b28-25+. The number of carbonyl (C=O) groups excluding carboxylic acids is 1. The minimum absolute atomic E-state index is 0.240. The monoisotopic (exact) mass is 459 g/mol. The minimum Gasteiger partial charge on any atom is -0.492 e. The van der Waals surface area contributed by atoms with Crippen LogP contribution >= 0.6 is 0 Å². The van der Waals surface area contributed by atoms with Crippen LogP contribution in [-0.4, -0.2) is 33.0 Å². The molecule has 3 aromatic carbocycles. The number of likely N-dealkylation sites (N-methyl/N-ethyl adjacent to an activating group) is 1. The van der Waals surface area contributed by atoms with Gasteiger partial charge in [0.25, 0.3) is 0 Å². The van der Waals surface area contributed by atoms with Gasteiger partial charge in [-0.05, 0) is 77.7 Å². The Balaban J connectivity index is 1.78. The van der Waals surface area contributed by atoms with Gasteiger partial charge in [0, 0.05) is 13.5 Å². The Morgan fingerprint density at radius 1 is 0.882 bits per heavy atom. The summed E-state index contributed by atoms with van der Waals surface area (Å²) in [5, 5.41) is 3.08. The van der Waals surface area contributed by atoms with Crippen molar-refractivity contribution in [3.05, 3.63) is 83.4 Å². The molecule has 0 bridgehead atoms. The van der Waals surface area contributed by atoms with Crippen LogP contribution in [0.15, 0.2) is 66.7 Å². The van der Waals surface area contributed by atoms with Gasteiger partial charge in [0.2, 0.25) is 6.79 Å². The minimum atomic E-state index is -0.341. The lowest BCUT2D eigenvalue weighted by atomic mass is 9.88. The van der Waals surface area contributed by atoms with Gasteiger partial charge in [-0.15, -0.1) is 0 Å². The average Bonchev–Trinajstić information content (AvgIpc) is 3.32. The quantitative estimate of drug-likeness (QED) is 0.203. The molecule has 6 nitrogen and oxygen atoms in total. The van der Waals surface area contributed by atoms with Crippen molar-refractivity contribution in [3.8, 4) is 23.0 Å². The van der Waals surface area contributed by atoms with Crippen molar-refractivity contribution in [2.24, 2.45) is 0 Å². The Morgan fingerprint density at radius 2 is 1.50 bits per heavy atom. The van der Waals surface area contributed by atoms with Crippen molar-refractivity contribution in [1.82, 2.24) is 5.32 Å². The molecule has 0 saturated carbocycles. The van der Waals surface area contributed by atoms with Crippen LogP contribution < -0.4 is 24.3 Å². The van der Waals surface area contributed by atoms with Gasteiger partial charge in [0.1, 0.15) is 18.1 Å². The molecule has 3 aromatic rings. The highest BCUT2D eigenvalue weighted by molar-refractivity contribution is 5.99. The Kier molecular flexibility index (Phi) is 7.50. The van der Waals surface area contributed by atoms with Gasteiger partial charge < -0.3 is 24.3 Å². The second-order valence-electron chi connectivity index (χ2n) is 7.87. The summed E-state index contributed by atoms with van der Waals surface area (Å²) in [6.07, 6.45) is 0.807. The zero-order valence-electron chi connectivity index (χ0n) is 19.7. The zero-order chi connectivity index (χ0) is 23.9. The summed E-state index contributed by atoms with van der Waals surface area (Å²) < 4.78 is 22.2. The number of hydrogen-bond acceptors (Lipinski definition) is 6. The molecule has 0 unspecified atom stereocenters. The van der Waals surface area contributed by atoms with E-state index in [4.69, 9.17) is 18.9 Å². The Morgan fingerprint density at radius 3 is 2.12 bits per heavy atom. The molecule has 0 radical (unpaired) electrons. The van der Waals surface area contributed by atoms with Gasteiger partial charge in [0.15, 0.2) is 11.5 Å². The third-order valence-electron chi connectivity index (χ3n) is 5.54. The second kappa shape index (κ2) is 10.9. The fraction of sp³-hybridized carbons (Fsp3) is 0.250. The van der Waals surface area contributed by atoms with Crippen LogP contribution in [0.25, 0.3) is 11.1 Å². The molecule has 0 amide bonds. The molecule has 4 rings (SSSR count). The fourth-order valence-corrected chi connectivity index (χ4v) is 3.97. The maximum atomic E-state index is 11.3. The molecule has 6 heteroatoms. The summed E-state index contributed by atoms with van der Waals surface area (Å²) in [6, 6.07) is 21.8. The summed E-state index contributed by atoms with van der Waals surface area (Å²) in [7, 11) is 1.90. The summed E-state index contributed by atoms with van der Waals surface area (Å²) in [5.41, 5.74) is 5.42. The predicted octanol–water partition coefficient (Wildman–Crippen LogP) is 5.31. The molecular weight excluding hydrogens is 430 g/mol. The van der Waals surface area contributed by atoms with Crippen LogP contribution in [0.4, 0.5) is 0 Å². The number of allylic oxidation sites excluding steroid dienone is 1. The first-order valence-corrected chi connectivity index (χ1v) is 11.4. The highest BCUT2D eigenvalue weighted by Crippen LogP contribution is 2.40. The van der Waals surface area contributed by atoms with Gasteiger partial charge in [-0.3, -0.25) is 4.79 Å². The topological polar surface area (TPSA) is 66.0 Å². The Bertz CT molecular complexity index is 1170. The van der Waals surface area contributed by atoms with E-state index < -0.39 is 0 Å². The molecule has 34 heavy (non-hydrogen) atoms. The van der Waals surface area contributed by atoms with Crippen molar-refractivity contribution in [3.63, 3.8) is 0 Å². The molecule has 0 spiro atoms. The normalized spacial score (nSPS) is 12.8. The molecule has 1 aliphatic rings. The maximum absolute atomic E-state index is 11.3. The van der Waals surface area contributed by atoms with Crippen molar-refractivity contribution >= 4 is 17.1 Å². The van der Waals surface area contributed by atoms with E-state index in [1.165, 1.54) is 12.5 Å². The van der Waals surface area contributed by atoms with E-state index in [1.54, 1.807) is 0 Å². The summed E-state index contributed by atoms with van der Waals surface area (Å²) in [6.45, 7) is 5.17. The van der Waals surface area contributed by atoms with Gasteiger partial charge in [-0.1, -0.05) is 37.3 Å². The summed E-state index contributed by atoms with van der Waals surface area (Å²) in [4.78, 5) is 11.3. The van der Waals surface area contributed by atoms with Crippen LogP contribution in [0.5, 0.6) is 23.0 Å². The van der Waals surface area contributed by atoms with Crippen LogP contribution in [0.3, 0.4) is 0 Å². The number of benzene rings is 3. The number of rotatable bonds is 9. The van der Waals surface area contributed by atoms with Crippen LogP contribution in [-0.2, 0) is 4.79 Å². The fourth-order valence-electron chi connectivity index (χ4n) is 3.97. The summed E-state index contributed by atoms with van der Waals surface area (Å²) in [5.74, 6) is 2.51. The Labute approximate surface area is 200 Å². The van der Waals surface area contributed by atoms with Crippen molar-refractivity contribution in [2.75, 3.05) is 27.0 Å². The van der Waals surface area contributed by atoms with E-state index in [-0.39, 0.29) is 12.8 Å². The first kappa shape index (κ1) is 23.4. The molecule has 0 fully saturated rings. The molecular formula is C28H29NO5. The first-order valence-electron chi connectivity index (χ1n) is 11.4. The molecule has 0 atom stereocenters. The number of nitrogens with one attached hydrogen (secondary N) is 1. The Hall–Kier alpha value is -3.77. The molecule has 0 aromatic heterocycles. The molecule has 1 heterocycles. The van der Waals surface area contributed by atoms with Gasteiger partial charge in [-0.2, -0.15) is 0 Å². The lowest BCUT2D eigenvalue weighted by molar-refractivity contribution is -0.131. The maximum Gasteiger partial charge on any atom is 0.308 e. The lowest BCUT2D eigenvalue weighted by Crippen LogP contribution is -2.15. The first-order chi connectivity index (χ1) is 16.6. The van der Waals surface area contributed by atoms with E-state index in [0.29, 0.717) is 12.4 Å². The molecule has 0 aliphatic carbocycles. The third-order valence-corrected chi connectivity index (χ3v) is 5.54. The van der Waals surface area contributed by atoms with E-state index >= 15 is 0 Å². The van der Waals surface area contributed by atoms with E-state index in [9.17, 15) is 4.79 Å². The van der Waals surface area contributed by atoms with Crippen LogP contribution in [0.2, 0.25) is 0 Å². The van der Waals surface area contributed by atoms with Gasteiger partial charge in [-0.25, -0.2) is 0 Å². The third kappa shape index (κ3) is 5.41. The lowest BCUT2D eigenvalue weighted by Gasteiger charge is -2.17. The van der Waals surface area contributed by atoms with Crippen molar-refractivity contribution in [1.29, 1.82) is 0 Å². The second-order valence-corrected chi connectivity index (χ2v) is 7.87. The number of carbonyl (C=O) groups is 1. The number of fused-ring (bicyclic) bond motifs is 1. The highest BCUT2D eigenvalue weighted by Gasteiger charge is 2.18. The van der Waals surface area contributed by atoms with Gasteiger partial charge >= 0.3 is 5.97 Å². The van der Waals surface area contributed by atoms with Crippen LogP contribution in [0.1, 0.15) is 37.0 Å². The average molecular weight is 460 g/mol. The predicted molar refractivity (Wildman–Crippen MR) is 132 cm³/mol. The zero-order valence-corrected chi connectivity index (χ0v) is 19.7. The molecule has 0 saturated heterocycles. The smallest absolute Gasteiger partial charge is 0.308 e. The van der Waals surface area contributed by atoms with Crippen LogP contribution in [0, 0.1) is 0 Å². The molecule has 1 aliphatic heterocycles. The van der Waals surface area contributed by atoms with E-state index in [2.05, 4.69) is 30.4 Å². The SMILES string of the molecule is CC/C(=C(/c1ccc(OCCNC)cc1)c1ccc(OC(C)=O)cc1)c1ccc2c(c1)OCO2. The van der Waals surface area contributed by atoms with Gasteiger partial charge in [0.05, 0.1) is 0 Å². The number of ether oxygens (including phenoxy) is 4. The van der Waals surface area contributed by atoms with Crippen molar-refractivity contribution < 1.29 is 23.7 Å². The summed E-state index contributed by atoms with van der Waals surface area (Å²) >= 11 is 0. The van der Waals surface area contributed by atoms with Crippen molar-refractivity contribution in [2.45, 2.75) is 20.3 Å². The largest absolute Gasteiger partial charge is 0.492 e.